The summed E-state index contributed by atoms with van der Waals surface area (Å²) >= 11 is 14.8. The van der Waals surface area contributed by atoms with E-state index in [9.17, 15) is 0 Å². The van der Waals surface area contributed by atoms with Crippen molar-refractivity contribution in [2.24, 2.45) is 0 Å². The Kier molecular flexibility index (Phi) is 2.53. The number of rotatable bonds is 0. The van der Waals surface area contributed by atoms with E-state index in [-0.39, 0.29) is 0 Å². The molecule has 0 spiro atoms. The van der Waals surface area contributed by atoms with Crippen LogP contribution in [0.4, 0.5) is 0 Å². The highest BCUT2D eigenvalue weighted by Crippen LogP contribution is 2.26. The van der Waals surface area contributed by atoms with E-state index >= 15 is 0 Å². The van der Waals surface area contributed by atoms with E-state index in [4.69, 9.17) is 39.9 Å². The second-order valence-corrected chi connectivity index (χ2v) is 3.04. The molecule has 0 fully saturated rings. The summed E-state index contributed by atoms with van der Waals surface area (Å²) in [7, 11) is 0. The van der Waals surface area contributed by atoms with Gasteiger partial charge in [-0.1, -0.05) is 34.8 Å². The number of hydrogen-bond acceptors (Lipinski definition) is 1. The predicted octanol–water partition coefficient (Wildman–Crippen LogP) is 1.89. The summed E-state index contributed by atoms with van der Waals surface area (Å²) < 4.78 is -1.61. The van der Waals surface area contributed by atoms with Gasteiger partial charge in [0.2, 0.25) is 3.79 Å². The van der Waals surface area contributed by atoms with Gasteiger partial charge in [0.15, 0.2) is 0 Å². The molecule has 1 radical (unpaired) electrons. The summed E-state index contributed by atoms with van der Waals surface area (Å²) in [5.74, 6) is 0. The van der Waals surface area contributed by atoms with Crippen LogP contribution in [0.5, 0.6) is 0 Å². The molecule has 0 saturated heterocycles. The highest BCUT2D eigenvalue weighted by Gasteiger charge is 2.17. The molecule has 1 N–H and O–H groups in total. The Morgan fingerprint density at radius 1 is 1.33 bits per heavy atom. The third-order valence-corrected chi connectivity index (χ3v) is 0.439. The van der Waals surface area contributed by atoms with Crippen LogP contribution in [0.1, 0.15) is 0 Å². The number of aliphatic hydroxyl groups excluding tert-OH is 1. The molecule has 0 aliphatic heterocycles. The first-order valence-electron chi connectivity index (χ1n) is 1.11. The van der Waals surface area contributed by atoms with Gasteiger partial charge in [0.25, 0.3) is 0 Å². The van der Waals surface area contributed by atoms with Crippen LogP contribution in [0.15, 0.2) is 0 Å². The number of halogens is 3. The normalized spacial score (nSPS) is 12.0. The quantitative estimate of drug-likeness (QED) is 0.520. The highest BCUT2D eigenvalue weighted by molar-refractivity contribution is 6.68. The molecule has 0 saturated carbocycles. The van der Waals surface area contributed by atoms with Gasteiger partial charge >= 0.3 is 0 Å². The molecule has 0 aliphatic rings. The molecule has 0 amide bonds. The summed E-state index contributed by atoms with van der Waals surface area (Å²) in [5.41, 5.74) is 0. The Morgan fingerprint density at radius 3 is 1.50 bits per heavy atom. The van der Waals surface area contributed by atoms with Crippen molar-refractivity contribution in [3.05, 3.63) is 6.61 Å². The van der Waals surface area contributed by atoms with Crippen molar-refractivity contribution in [2.45, 2.75) is 3.79 Å². The lowest BCUT2D eigenvalue weighted by atomic mass is 10.9. The molecule has 0 aromatic rings. The van der Waals surface area contributed by atoms with Crippen molar-refractivity contribution in [2.75, 3.05) is 0 Å². The Balaban J connectivity index is 3.17. The fourth-order valence-electron chi connectivity index (χ4n) is 0. The first-order valence-corrected chi connectivity index (χ1v) is 2.25. The van der Waals surface area contributed by atoms with Gasteiger partial charge in [-0.05, 0) is 0 Å². The zero-order valence-corrected chi connectivity index (χ0v) is 4.93. The molecule has 0 aromatic heterocycles. The van der Waals surface area contributed by atoms with Crippen molar-refractivity contribution < 1.29 is 5.11 Å². The maximum absolute atomic E-state index is 7.88. The van der Waals surface area contributed by atoms with Crippen LogP contribution in [-0.2, 0) is 0 Å². The maximum Gasteiger partial charge on any atom is 0.218 e. The number of aliphatic hydroxyl groups is 1. The van der Waals surface area contributed by atoms with E-state index in [1.165, 1.54) is 0 Å². The summed E-state index contributed by atoms with van der Waals surface area (Å²) in [6.45, 7) is 0.484. The summed E-state index contributed by atoms with van der Waals surface area (Å²) in [4.78, 5) is 0. The van der Waals surface area contributed by atoms with Crippen molar-refractivity contribution in [1.82, 2.24) is 0 Å². The van der Waals surface area contributed by atoms with Gasteiger partial charge in [-0.2, -0.15) is 0 Å². The average molecular weight is 148 g/mol. The van der Waals surface area contributed by atoms with E-state index in [1.807, 2.05) is 0 Å². The van der Waals surface area contributed by atoms with Gasteiger partial charge in [0.05, 0.1) is 0 Å². The van der Waals surface area contributed by atoms with E-state index in [1.54, 1.807) is 0 Å². The van der Waals surface area contributed by atoms with Gasteiger partial charge < -0.3 is 5.11 Å². The van der Waals surface area contributed by atoms with Crippen molar-refractivity contribution in [3.63, 3.8) is 0 Å². The third kappa shape index (κ3) is 4.83. The van der Waals surface area contributed by atoms with E-state index < -0.39 is 3.79 Å². The highest BCUT2D eigenvalue weighted by atomic mass is 35.6. The van der Waals surface area contributed by atoms with Crippen LogP contribution in [0.2, 0.25) is 0 Å². The van der Waals surface area contributed by atoms with Gasteiger partial charge in [-0.3, -0.25) is 0 Å². The van der Waals surface area contributed by atoms with Crippen molar-refractivity contribution >= 4 is 34.8 Å². The molecule has 0 aliphatic carbocycles. The van der Waals surface area contributed by atoms with E-state index in [0.29, 0.717) is 6.61 Å². The van der Waals surface area contributed by atoms with Crippen LogP contribution in [0.3, 0.4) is 0 Å². The molecule has 6 heavy (non-hydrogen) atoms. The Labute approximate surface area is 50.8 Å². The summed E-state index contributed by atoms with van der Waals surface area (Å²) in [6, 6.07) is 0. The molecular weight excluding hydrogens is 146 g/mol. The van der Waals surface area contributed by atoms with E-state index in [0.717, 1.165) is 0 Å². The summed E-state index contributed by atoms with van der Waals surface area (Å²) in [5, 5.41) is 7.88. The second-order valence-electron chi connectivity index (χ2n) is 0.671. The standard InChI is InChI=1S/C2H2Cl3O/c3-2(4,5)1-6/h1,6H. The zero-order chi connectivity index (χ0) is 5.21. The average Bonchev–Trinajstić information content (AvgIpc) is 1.35. The fourth-order valence-corrected chi connectivity index (χ4v) is 0. The molecule has 0 aromatic carbocycles. The van der Waals surface area contributed by atoms with Gasteiger partial charge in [-0.15, -0.1) is 0 Å². The number of hydrogen-bond donors (Lipinski definition) is 1. The first kappa shape index (κ1) is 6.83. The van der Waals surface area contributed by atoms with Crippen LogP contribution in [-0.4, -0.2) is 8.90 Å². The van der Waals surface area contributed by atoms with Crippen LogP contribution in [0.25, 0.3) is 0 Å². The lowest BCUT2D eigenvalue weighted by Gasteiger charge is -2.00. The zero-order valence-electron chi connectivity index (χ0n) is 2.66. The monoisotopic (exact) mass is 147 g/mol. The molecule has 37 valence electrons. The molecule has 0 atom stereocenters. The van der Waals surface area contributed by atoms with Gasteiger partial charge in [-0.25, -0.2) is 0 Å². The lowest BCUT2D eigenvalue weighted by molar-refractivity contribution is 0.389. The van der Waals surface area contributed by atoms with E-state index in [2.05, 4.69) is 0 Å². The Morgan fingerprint density at radius 2 is 1.50 bits per heavy atom. The van der Waals surface area contributed by atoms with Gasteiger partial charge in [0, 0.05) is 0 Å². The third-order valence-electron chi connectivity index (χ3n) is 0.146. The fraction of sp³-hybridized carbons (Fsp3) is 0.500. The lowest BCUT2D eigenvalue weighted by Crippen LogP contribution is -1.99. The van der Waals surface area contributed by atoms with Crippen LogP contribution in [0, 0.1) is 6.61 Å². The minimum Gasteiger partial charge on any atom is -0.386 e. The molecule has 4 heteroatoms. The molecular formula is C2H2Cl3O. The molecule has 0 bridgehead atoms. The molecule has 1 nitrogen and oxygen atoms in total. The molecule has 0 heterocycles. The smallest absolute Gasteiger partial charge is 0.218 e. The largest absolute Gasteiger partial charge is 0.386 e. The topological polar surface area (TPSA) is 20.2 Å². The Bertz CT molecular complexity index is 38.5. The molecule has 0 rings (SSSR count). The Hall–Kier alpha value is 0.830. The second kappa shape index (κ2) is 2.22. The predicted molar refractivity (Wildman–Crippen MR) is 26.5 cm³/mol. The van der Waals surface area contributed by atoms with Crippen molar-refractivity contribution in [3.8, 4) is 0 Å². The van der Waals surface area contributed by atoms with Crippen LogP contribution >= 0.6 is 34.8 Å². The maximum atomic E-state index is 7.88. The number of alkyl halides is 3. The summed E-state index contributed by atoms with van der Waals surface area (Å²) in [6.07, 6.45) is 0. The minimum atomic E-state index is -1.61. The van der Waals surface area contributed by atoms with Crippen molar-refractivity contribution in [1.29, 1.82) is 0 Å². The first-order chi connectivity index (χ1) is 2.56. The molecule has 0 unspecified atom stereocenters. The minimum absolute atomic E-state index is 0.484. The van der Waals surface area contributed by atoms with Crippen LogP contribution < -0.4 is 0 Å². The SMILES string of the molecule is O[CH]C(Cl)(Cl)Cl. The van der Waals surface area contributed by atoms with Gasteiger partial charge in [0.1, 0.15) is 6.61 Å².